The van der Waals surface area contributed by atoms with E-state index < -0.39 is 0 Å². The van der Waals surface area contributed by atoms with E-state index in [1.165, 1.54) is 7.11 Å². The fourth-order valence-corrected chi connectivity index (χ4v) is 2.15. The molecule has 1 amide bonds. The number of thiophene rings is 1. The molecule has 1 N–H and O–H groups in total. The standard InChI is InChI=1S/C14H14N2O3S/c1-18-10-5-6-12(13(8-10)19-2)14(17)16-15-9-11-4-3-7-20-11/h3-9H,1-2H3,(H,16,17)/b15-9-. The number of benzene rings is 1. The van der Waals surface area contributed by atoms with Gasteiger partial charge in [-0.1, -0.05) is 6.07 Å². The maximum Gasteiger partial charge on any atom is 0.275 e. The van der Waals surface area contributed by atoms with Crippen molar-refractivity contribution in [3.05, 3.63) is 46.2 Å². The summed E-state index contributed by atoms with van der Waals surface area (Å²) in [7, 11) is 3.06. The van der Waals surface area contributed by atoms with Gasteiger partial charge in [0.15, 0.2) is 0 Å². The van der Waals surface area contributed by atoms with Gasteiger partial charge in [0, 0.05) is 10.9 Å². The molecule has 2 rings (SSSR count). The van der Waals surface area contributed by atoms with Gasteiger partial charge in [0.25, 0.3) is 5.91 Å². The molecule has 20 heavy (non-hydrogen) atoms. The molecule has 0 atom stereocenters. The number of hydrazone groups is 1. The summed E-state index contributed by atoms with van der Waals surface area (Å²) in [5, 5.41) is 5.85. The number of hydrogen-bond acceptors (Lipinski definition) is 5. The quantitative estimate of drug-likeness (QED) is 0.680. The van der Waals surface area contributed by atoms with Crippen LogP contribution in [-0.4, -0.2) is 26.3 Å². The first-order chi connectivity index (χ1) is 9.74. The second kappa shape index (κ2) is 6.72. The molecule has 2 aromatic rings. The van der Waals surface area contributed by atoms with Crippen LogP contribution in [0.1, 0.15) is 15.2 Å². The van der Waals surface area contributed by atoms with Gasteiger partial charge < -0.3 is 9.47 Å². The normalized spacial score (nSPS) is 10.5. The van der Waals surface area contributed by atoms with Crippen LogP contribution in [0.2, 0.25) is 0 Å². The Kier molecular flexibility index (Phi) is 4.73. The summed E-state index contributed by atoms with van der Waals surface area (Å²) in [6.07, 6.45) is 1.60. The summed E-state index contributed by atoms with van der Waals surface area (Å²) in [6.45, 7) is 0. The van der Waals surface area contributed by atoms with Crippen molar-refractivity contribution >= 4 is 23.5 Å². The molecule has 6 heteroatoms. The number of carbonyl (C=O) groups excluding carboxylic acids is 1. The Balaban J connectivity index is 2.09. The number of nitrogens with zero attached hydrogens (tertiary/aromatic N) is 1. The third-order valence-electron chi connectivity index (χ3n) is 2.55. The molecular formula is C14H14N2O3S. The number of carbonyl (C=O) groups is 1. The molecule has 0 aliphatic rings. The van der Waals surface area contributed by atoms with E-state index in [0.29, 0.717) is 17.1 Å². The molecule has 0 fully saturated rings. The lowest BCUT2D eigenvalue weighted by molar-refractivity contribution is 0.0952. The van der Waals surface area contributed by atoms with Gasteiger partial charge in [-0.2, -0.15) is 5.10 Å². The second-order valence-electron chi connectivity index (χ2n) is 3.78. The highest BCUT2D eigenvalue weighted by molar-refractivity contribution is 7.11. The van der Waals surface area contributed by atoms with Gasteiger partial charge in [0.2, 0.25) is 0 Å². The minimum atomic E-state index is -0.336. The maximum absolute atomic E-state index is 12.0. The fourth-order valence-electron chi connectivity index (χ4n) is 1.57. The maximum atomic E-state index is 12.0. The highest BCUT2D eigenvalue weighted by Gasteiger charge is 2.12. The van der Waals surface area contributed by atoms with E-state index in [0.717, 1.165) is 4.88 Å². The van der Waals surface area contributed by atoms with Crippen LogP contribution in [0.25, 0.3) is 0 Å². The predicted molar refractivity (Wildman–Crippen MR) is 78.9 cm³/mol. The van der Waals surface area contributed by atoms with Crippen LogP contribution in [-0.2, 0) is 0 Å². The molecule has 1 aromatic heterocycles. The average Bonchev–Trinajstić information content (AvgIpc) is 2.99. The van der Waals surface area contributed by atoms with Crippen LogP contribution in [0.5, 0.6) is 11.5 Å². The molecular weight excluding hydrogens is 276 g/mol. The van der Waals surface area contributed by atoms with Gasteiger partial charge in [-0.25, -0.2) is 5.43 Å². The smallest absolute Gasteiger partial charge is 0.275 e. The lowest BCUT2D eigenvalue weighted by Crippen LogP contribution is -2.18. The van der Waals surface area contributed by atoms with Crippen molar-refractivity contribution in [3.63, 3.8) is 0 Å². The van der Waals surface area contributed by atoms with E-state index >= 15 is 0 Å². The number of rotatable bonds is 5. The van der Waals surface area contributed by atoms with Crippen molar-refractivity contribution in [1.29, 1.82) is 0 Å². The second-order valence-corrected chi connectivity index (χ2v) is 4.76. The Labute approximate surface area is 120 Å². The highest BCUT2D eigenvalue weighted by atomic mass is 32.1. The molecule has 104 valence electrons. The van der Waals surface area contributed by atoms with Crippen molar-refractivity contribution in [3.8, 4) is 11.5 Å². The zero-order valence-corrected chi connectivity index (χ0v) is 11.9. The molecule has 0 bridgehead atoms. The van der Waals surface area contributed by atoms with E-state index in [1.807, 2.05) is 17.5 Å². The van der Waals surface area contributed by atoms with E-state index in [9.17, 15) is 4.79 Å². The van der Waals surface area contributed by atoms with E-state index in [4.69, 9.17) is 9.47 Å². The molecule has 0 unspecified atom stereocenters. The van der Waals surface area contributed by atoms with Crippen molar-refractivity contribution in [2.24, 2.45) is 5.10 Å². The molecule has 0 saturated heterocycles. The van der Waals surface area contributed by atoms with Gasteiger partial charge >= 0.3 is 0 Å². The van der Waals surface area contributed by atoms with E-state index in [2.05, 4.69) is 10.5 Å². The molecule has 1 heterocycles. The molecule has 0 spiro atoms. The molecule has 1 aromatic carbocycles. The first-order valence-corrected chi connectivity index (χ1v) is 6.71. The molecule has 0 radical (unpaired) electrons. The Morgan fingerprint density at radius 2 is 2.15 bits per heavy atom. The Hall–Kier alpha value is -2.34. The summed E-state index contributed by atoms with van der Waals surface area (Å²) >= 11 is 1.54. The number of hydrogen-bond donors (Lipinski definition) is 1. The number of ether oxygens (including phenoxy) is 2. The van der Waals surface area contributed by atoms with Crippen LogP contribution >= 0.6 is 11.3 Å². The van der Waals surface area contributed by atoms with Crippen LogP contribution in [0.3, 0.4) is 0 Å². The van der Waals surface area contributed by atoms with Crippen LogP contribution in [0.4, 0.5) is 0 Å². The molecule has 0 saturated carbocycles. The van der Waals surface area contributed by atoms with Gasteiger partial charge in [-0.15, -0.1) is 11.3 Å². The predicted octanol–water partition coefficient (Wildman–Crippen LogP) is 2.53. The van der Waals surface area contributed by atoms with Gasteiger partial charge in [0.1, 0.15) is 11.5 Å². The first-order valence-electron chi connectivity index (χ1n) is 5.83. The lowest BCUT2D eigenvalue weighted by atomic mass is 10.2. The van der Waals surface area contributed by atoms with Crippen LogP contribution < -0.4 is 14.9 Å². The number of nitrogens with one attached hydrogen (secondary N) is 1. The van der Waals surface area contributed by atoms with Crippen molar-refractivity contribution in [1.82, 2.24) is 5.43 Å². The van der Waals surface area contributed by atoms with E-state index in [-0.39, 0.29) is 5.91 Å². The van der Waals surface area contributed by atoms with Gasteiger partial charge in [-0.3, -0.25) is 4.79 Å². The average molecular weight is 290 g/mol. The Morgan fingerprint density at radius 1 is 1.30 bits per heavy atom. The summed E-state index contributed by atoms with van der Waals surface area (Å²) < 4.78 is 10.3. The number of methoxy groups -OCH3 is 2. The summed E-state index contributed by atoms with van der Waals surface area (Å²) in [5.41, 5.74) is 2.87. The van der Waals surface area contributed by atoms with Gasteiger partial charge in [-0.05, 0) is 23.6 Å². The first kappa shape index (κ1) is 14.1. The topological polar surface area (TPSA) is 59.9 Å². The van der Waals surface area contributed by atoms with Crippen molar-refractivity contribution in [2.75, 3.05) is 14.2 Å². The minimum absolute atomic E-state index is 0.336. The zero-order chi connectivity index (χ0) is 14.4. The van der Waals surface area contributed by atoms with Crippen molar-refractivity contribution < 1.29 is 14.3 Å². The molecule has 5 nitrogen and oxygen atoms in total. The highest BCUT2D eigenvalue weighted by Crippen LogP contribution is 2.24. The summed E-state index contributed by atoms with van der Waals surface area (Å²) in [6, 6.07) is 8.81. The summed E-state index contributed by atoms with van der Waals surface area (Å²) in [4.78, 5) is 13.0. The third-order valence-corrected chi connectivity index (χ3v) is 3.36. The van der Waals surface area contributed by atoms with Crippen LogP contribution in [0, 0.1) is 0 Å². The summed E-state index contributed by atoms with van der Waals surface area (Å²) in [5.74, 6) is 0.728. The lowest BCUT2D eigenvalue weighted by Gasteiger charge is -2.08. The zero-order valence-electron chi connectivity index (χ0n) is 11.1. The van der Waals surface area contributed by atoms with E-state index in [1.54, 1.807) is 42.9 Å². The third kappa shape index (κ3) is 3.36. The monoisotopic (exact) mass is 290 g/mol. The molecule has 0 aliphatic carbocycles. The Morgan fingerprint density at radius 3 is 2.80 bits per heavy atom. The largest absolute Gasteiger partial charge is 0.497 e. The fraction of sp³-hybridized carbons (Fsp3) is 0.143. The van der Waals surface area contributed by atoms with Crippen LogP contribution in [0.15, 0.2) is 40.8 Å². The van der Waals surface area contributed by atoms with Gasteiger partial charge in [0.05, 0.1) is 26.0 Å². The minimum Gasteiger partial charge on any atom is -0.497 e. The SMILES string of the molecule is COc1ccc(C(=O)N/N=C\c2cccs2)c(OC)c1. The number of amides is 1. The van der Waals surface area contributed by atoms with Crippen molar-refractivity contribution in [2.45, 2.75) is 0 Å². The molecule has 0 aliphatic heterocycles. The Bertz CT molecular complexity index is 609.